The maximum Gasteiger partial charge on any atom is 0.0685 e. The van der Waals surface area contributed by atoms with Crippen LogP contribution >= 0.6 is 0 Å². The van der Waals surface area contributed by atoms with Crippen LogP contribution in [0, 0.1) is 11.8 Å². The number of hydrogen-bond donors (Lipinski definition) is 1. The largest absolute Gasteiger partial charge is 0.378 e. The highest BCUT2D eigenvalue weighted by molar-refractivity contribution is 4.96. The molecule has 4 atom stereocenters. The topological polar surface area (TPSA) is 30.5 Å². The van der Waals surface area contributed by atoms with E-state index in [0.717, 1.165) is 19.1 Å². The molecule has 0 aromatic heterocycles. The summed E-state index contributed by atoms with van der Waals surface area (Å²) in [4.78, 5) is 0. The maximum absolute atomic E-state index is 6.18. The van der Waals surface area contributed by atoms with Gasteiger partial charge in [-0.05, 0) is 52.0 Å². The van der Waals surface area contributed by atoms with Crippen molar-refractivity contribution in [1.82, 2.24) is 5.32 Å². The molecule has 0 aromatic rings. The lowest BCUT2D eigenvalue weighted by Gasteiger charge is -2.42. The van der Waals surface area contributed by atoms with Gasteiger partial charge in [0.05, 0.1) is 18.3 Å². The third-order valence-electron chi connectivity index (χ3n) is 5.62. The monoisotopic (exact) mass is 267 g/mol. The molecule has 3 rings (SSSR count). The smallest absolute Gasteiger partial charge is 0.0685 e. The maximum atomic E-state index is 6.18. The van der Waals surface area contributed by atoms with Crippen molar-refractivity contribution in [3.05, 3.63) is 0 Å². The lowest BCUT2D eigenvalue weighted by Crippen LogP contribution is -2.48. The van der Waals surface area contributed by atoms with Gasteiger partial charge in [-0.1, -0.05) is 12.8 Å². The Kier molecular flexibility index (Phi) is 4.16. The van der Waals surface area contributed by atoms with Crippen LogP contribution in [0.5, 0.6) is 0 Å². The van der Waals surface area contributed by atoms with Crippen molar-refractivity contribution in [1.29, 1.82) is 0 Å². The van der Waals surface area contributed by atoms with E-state index in [-0.39, 0.29) is 5.60 Å². The van der Waals surface area contributed by atoms with E-state index in [1.165, 1.54) is 44.9 Å². The minimum absolute atomic E-state index is 0.239. The summed E-state index contributed by atoms with van der Waals surface area (Å²) in [5.74, 6) is 1.47. The van der Waals surface area contributed by atoms with Crippen LogP contribution in [0.25, 0.3) is 0 Å². The molecule has 1 spiro atoms. The van der Waals surface area contributed by atoms with Crippen LogP contribution < -0.4 is 5.32 Å². The van der Waals surface area contributed by atoms with E-state index >= 15 is 0 Å². The molecule has 1 aliphatic carbocycles. The van der Waals surface area contributed by atoms with E-state index in [9.17, 15) is 0 Å². The van der Waals surface area contributed by atoms with E-state index < -0.39 is 0 Å². The fourth-order valence-electron chi connectivity index (χ4n) is 4.70. The highest BCUT2D eigenvalue weighted by atomic mass is 16.5. The van der Waals surface area contributed by atoms with Crippen LogP contribution in [0.15, 0.2) is 0 Å². The molecule has 0 radical (unpaired) electrons. The zero-order valence-electron chi connectivity index (χ0n) is 12.5. The zero-order valence-corrected chi connectivity index (χ0v) is 12.5. The molecule has 2 saturated heterocycles. The Morgan fingerprint density at radius 3 is 2.63 bits per heavy atom. The van der Waals surface area contributed by atoms with Gasteiger partial charge in [0.2, 0.25) is 0 Å². The second-order valence-electron chi connectivity index (χ2n) is 6.95. The Labute approximate surface area is 117 Å². The zero-order chi connectivity index (χ0) is 13.3. The first kappa shape index (κ1) is 13.8. The van der Waals surface area contributed by atoms with Crippen LogP contribution in [0.2, 0.25) is 0 Å². The van der Waals surface area contributed by atoms with Gasteiger partial charge >= 0.3 is 0 Å². The standard InChI is InChI=1S/C16H29NO2/c1-12-9-14(11-18-12)15(17-2)13-5-8-19-16(10-13)6-3-4-7-16/h12-15,17H,3-11H2,1-2H3. The van der Waals surface area contributed by atoms with Gasteiger partial charge in [0.25, 0.3) is 0 Å². The molecule has 3 nitrogen and oxygen atoms in total. The third-order valence-corrected chi connectivity index (χ3v) is 5.62. The summed E-state index contributed by atoms with van der Waals surface area (Å²) in [5.41, 5.74) is 0.239. The third kappa shape index (κ3) is 2.84. The molecule has 0 aromatic carbocycles. The second-order valence-corrected chi connectivity index (χ2v) is 6.95. The van der Waals surface area contributed by atoms with E-state index in [1.54, 1.807) is 0 Å². The Balaban J connectivity index is 1.65. The van der Waals surface area contributed by atoms with Crippen LogP contribution in [0.4, 0.5) is 0 Å². The summed E-state index contributed by atoms with van der Waals surface area (Å²) >= 11 is 0. The molecule has 3 heteroatoms. The van der Waals surface area contributed by atoms with Crippen LogP contribution in [-0.2, 0) is 9.47 Å². The minimum atomic E-state index is 0.239. The van der Waals surface area contributed by atoms with E-state index in [2.05, 4.69) is 19.3 Å². The molecular formula is C16H29NO2. The molecule has 1 N–H and O–H groups in total. The summed E-state index contributed by atoms with van der Waals surface area (Å²) in [5, 5.41) is 3.61. The highest BCUT2D eigenvalue weighted by Crippen LogP contribution is 2.44. The molecular weight excluding hydrogens is 238 g/mol. The van der Waals surface area contributed by atoms with Crippen LogP contribution in [-0.4, -0.2) is 38.0 Å². The van der Waals surface area contributed by atoms with Gasteiger partial charge in [0.15, 0.2) is 0 Å². The molecule has 0 bridgehead atoms. The lowest BCUT2D eigenvalue weighted by atomic mass is 9.76. The van der Waals surface area contributed by atoms with Crippen molar-refractivity contribution in [2.45, 2.75) is 69.6 Å². The van der Waals surface area contributed by atoms with Crippen molar-refractivity contribution in [3.8, 4) is 0 Å². The molecule has 4 unspecified atom stereocenters. The highest BCUT2D eigenvalue weighted by Gasteiger charge is 2.44. The average molecular weight is 267 g/mol. The molecule has 110 valence electrons. The molecule has 3 aliphatic rings. The molecule has 1 saturated carbocycles. The quantitative estimate of drug-likeness (QED) is 0.853. The molecule has 19 heavy (non-hydrogen) atoms. The van der Waals surface area contributed by atoms with Gasteiger partial charge in [-0.2, -0.15) is 0 Å². The van der Waals surface area contributed by atoms with Gasteiger partial charge < -0.3 is 14.8 Å². The van der Waals surface area contributed by atoms with E-state index in [1.807, 2.05) is 0 Å². The normalized spacial score (nSPS) is 39.8. The van der Waals surface area contributed by atoms with Crippen molar-refractivity contribution in [2.24, 2.45) is 11.8 Å². The number of rotatable bonds is 3. The van der Waals surface area contributed by atoms with Crippen molar-refractivity contribution >= 4 is 0 Å². The van der Waals surface area contributed by atoms with Gasteiger partial charge in [-0.3, -0.25) is 0 Å². The van der Waals surface area contributed by atoms with Gasteiger partial charge in [-0.25, -0.2) is 0 Å². The second kappa shape index (κ2) is 5.71. The fourth-order valence-corrected chi connectivity index (χ4v) is 4.70. The SMILES string of the molecule is CNC(C1COC(C)C1)C1CCOC2(CCCC2)C1. The summed E-state index contributed by atoms with van der Waals surface area (Å²) in [6, 6.07) is 0.617. The number of ether oxygens (including phenoxy) is 2. The summed E-state index contributed by atoms with van der Waals surface area (Å²) in [6.45, 7) is 4.11. The fraction of sp³-hybridized carbons (Fsp3) is 1.00. The summed E-state index contributed by atoms with van der Waals surface area (Å²) < 4.78 is 12.0. The molecule has 2 aliphatic heterocycles. The molecule has 2 heterocycles. The van der Waals surface area contributed by atoms with Crippen LogP contribution in [0.1, 0.15) is 51.9 Å². The predicted octanol–water partition coefficient (Wildman–Crippen LogP) is 2.74. The number of nitrogens with one attached hydrogen (secondary N) is 1. The first-order valence-electron chi connectivity index (χ1n) is 8.15. The minimum Gasteiger partial charge on any atom is -0.378 e. The summed E-state index contributed by atoms with van der Waals surface area (Å²) in [7, 11) is 2.13. The Hall–Kier alpha value is -0.120. The average Bonchev–Trinajstić information content (AvgIpc) is 3.01. The first-order valence-corrected chi connectivity index (χ1v) is 8.15. The Morgan fingerprint density at radius 1 is 1.21 bits per heavy atom. The predicted molar refractivity (Wildman–Crippen MR) is 76.2 cm³/mol. The Morgan fingerprint density at radius 2 is 2.00 bits per heavy atom. The van der Waals surface area contributed by atoms with E-state index in [0.29, 0.717) is 18.1 Å². The molecule has 0 amide bonds. The van der Waals surface area contributed by atoms with Crippen molar-refractivity contribution in [3.63, 3.8) is 0 Å². The van der Waals surface area contributed by atoms with Crippen LogP contribution in [0.3, 0.4) is 0 Å². The molecule has 3 fully saturated rings. The first-order chi connectivity index (χ1) is 9.22. The van der Waals surface area contributed by atoms with Crippen molar-refractivity contribution in [2.75, 3.05) is 20.3 Å². The lowest BCUT2D eigenvalue weighted by molar-refractivity contribution is -0.101. The van der Waals surface area contributed by atoms with Crippen molar-refractivity contribution < 1.29 is 9.47 Å². The van der Waals surface area contributed by atoms with E-state index in [4.69, 9.17) is 9.47 Å². The number of hydrogen-bond acceptors (Lipinski definition) is 3. The summed E-state index contributed by atoms with van der Waals surface area (Å²) in [6.07, 6.45) is 9.45. The van der Waals surface area contributed by atoms with Gasteiger partial charge in [0, 0.05) is 18.6 Å². The Bertz CT molecular complexity index is 301. The van der Waals surface area contributed by atoms with Gasteiger partial charge in [-0.15, -0.1) is 0 Å². The van der Waals surface area contributed by atoms with Gasteiger partial charge in [0.1, 0.15) is 0 Å².